The normalized spacial score (nSPS) is 10.0. The first-order chi connectivity index (χ1) is 5.88. The monoisotopic (exact) mass is 196 g/mol. The van der Waals surface area contributed by atoms with Crippen molar-refractivity contribution in [3.05, 3.63) is 34.3 Å². The van der Waals surface area contributed by atoms with Crippen molar-refractivity contribution >= 4 is 28.8 Å². The van der Waals surface area contributed by atoms with E-state index in [0.29, 0.717) is 11.3 Å². The molecule has 0 fully saturated rings. The number of carbonyl (C=O) groups is 1. The molecule has 0 saturated heterocycles. The number of hydrogen-bond acceptors (Lipinski definition) is 5. The van der Waals surface area contributed by atoms with E-state index in [1.54, 1.807) is 6.07 Å². The summed E-state index contributed by atoms with van der Waals surface area (Å²) in [4.78, 5) is 11.5. The molecule has 2 rings (SSSR count). The standard InChI is InChI=1S/C7H4N2OS2/c10-7(5-1-2-11-4-5)6-3-8-12-9-6/h1-4H. The summed E-state index contributed by atoms with van der Waals surface area (Å²) in [6.45, 7) is 0. The summed E-state index contributed by atoms with van der Waals surface area (Å²) >= 11 is 2.55. The van der Waals surface area contributed by atoms with E-state index in [2.05, 4.69) is 8.75 Å². The van der Waals surface area contributed by atoms with Gasteiger partial charge in [-0.05, 0) is 11.4 Å². The third-order valence-corrected chi connectivity index (χ3v) is 2.54. The molecule has 2 aromatic heterocycles. The molecule has 0 aromatic carbocycles. The van der Waals surface area contributed by atoms with Crippen molar-refractivity contribution in [2.75, 3.05) is 0 Å². The minimum absolute atomic E-state index is 0.0509. The molecule has 0 amide bonds. The number of hydrogen-bond donors (Lipinski definition) is 0. The molecule has 12 heavy (non-hydrogen) atoms. The molecule has 0 bridgehead atoms. The first-order valence-electron chi connectivity index (χ1n) is 3.22. The van der Waals surface area contributed by atoms with Crippen LogP contribution in [-0.4, -0.2) is 14.5 Å². The van der Waals surface area contributed by atoms with Crippen LogP contribution in [0.4, 0.5) is 0 Å². The third kappa shape index (κ3) is 1.28. The topological polar surface area (TPSA) is 42.9 Å². The number of thiophene rings is 1. The number of nitrogens with zero attached hydrogens (tertiary/aromatic N) is 2. The van der Waals surface area contributed by atoms with E-state index in [-0.39, 0.29) is 5.78 Å². The Bertz CT molecular complexity index is 330. The van der Waals surface area contributed by atoms with Gasteiger partial charge in [0, 0.05) is 10.9 Å². The van der Waals surface area contributed by atoms with E-state index in [4.69, 9.17) is 0 Å². The lowest BCUT2D eigenvalue weighted by Crippen LogP contribution is -1.98. The SMILES string of the molecule is O=C(c1ccsc1)c1cnsn1. The van der Waals surface area contributed by atoms with Crippen molar-refractivity contribution in [1.82, 2.24) is 8.75 Å². The summed E-state index contributed by atoms with van der Waals surface area (Å²) < 4.78 is 7.62. The van der Waals surface area contributed by atoms with Gasteiger partial charge in [-0.1, -0.05) is 0 Å². The van der Waals surface area contributed by atoms with Gasteiger partial charge >= 0.3 is 0 Å². The highest BCUT2D eigenvalue weighted by Gasteiger charge is 2.11. The largest absolute Gasteiger partial charge is 0.287 e. The van der Waals surface area contributed by atoms with Gasteiger partial charge in [0.1, 0.15) is 5.69 Å². The molecule has 0 radical (unpaired) electrons. The highest BCUT2D eigenvalue weighted by atomic mass is 32.1. The maximum atomic E-state index is 11.5. The van der Waals surface area contributed by atoms with E-state index in [1.807, 2.05) is 10.8 Å². The van der Waals surface area contributed by atoms with Crippen molar-refractivity contribution < 1.29 is 4.79 Å². The maximum Gasteiger partial charge on any atom is 0.214 e. The first kappa shape index (κ1) is 7.57. The summed E-state index contributed by atoms with van der Waals surface area (Å²) in [6.07, 6.45) is 1.49. The second-order valence-corrected chi connectivity index (χ2v) is 3.47. The van der Waals surface area contributed by atoms with Crippen LogP contribution in [0, 0.1) is 0 Å². The lowest BCUT2D eigenvalue weighted by atomic mass is 10.2. The average molecular weight is 196 g/mol. The van der Waals surface area contributed by atoms with Crippen molar-refractivity contribution in [1.29, 1.82) is 0 Å². The number of ketones is 1. The average Bonchev–Trinajstić information content (AvgIpc) is 2.77. The van der Waals surface area contributed by atoms with E-state index < -0.39 is 0 Å². The van der Waals surface area contributed by atoms with Gasteiger partial charge < -0.3 is 0 Å². The van der Waals surface area contributed by atoms with Crippen LogP contribution < -0.4 is 0 Å². The van der Waals surface area contributed by atoms with E-state index in [0.717, 1.165) is 11.7 Å². The molecule has 0 spiro atoms. The summed E-state index contributed by atoms with van der Waals surface area (Å²) in [5.41, 5.74) is 1.12. The third-order valence-electron chi connectivity index (χ3n) is 1.38. The molecule has 3 nitrogen and oxygen atoms in total. The Morgan fingerprint density at radius 1 is 1.50 bits per heavy atom. The van der Waals surface area contributed by atoms with Gasteiger partial charge in [-0.3, -0.25) is 4.79 Å². The van der Waals surface area contributed by atoms with Crippen LogP contribution in [0.15, 0.2) is 23.0 Å². The molecule has 0 aliphatic rings. The Morgan fingerprint density at radius 3 is 3.00 bits per heavy atom. The molecule has 0 aliphatic heterocycles. The van der Waals surface area contributed by atoms with E-state index in [9.17, 15) is 4.79 Å². The molecule has 0 aliphatic carbocycles. The number of rotatable bonds is 2. The minimum Gasteiger partial charge on any atom is -0.287 e. The van der Waals surface area contributed by atoms with Gasteiger partial charge in [0.15, 0.2) is 0 Å². The second kappa shape index (κ2) is 3.12. The van der Waals surface area contributed by atoms with Crippen LogP contribution >= 0.6 is 23.1 Å². The van der Waals surface area contributed by atoms with Crippen LogP contribution in [0.1, 0.15) is 16.1 Å². The lowest BCUT2D eigenvalue weighted by Gasteiger charge is -1.88. The number of aromatic nitrogens is 2. The molecule has 0 saturated carbocycles. The Morgan fingerprint density at radius 2 is 2.42 bits per heavy atom. The van der Waals surface area contributed by atoms with Crippen LogP contribution in [0.5, 0.6) is 0 Å². The van der Waals surface area contributed by atoms with Crippen LogP contribution in [0.3, 0.4) is 0 Å². The Hall–Kier alpha value is -1.07. The predicted molar refractivity (Wildman–Crippen MR) is 47.7 cm³/mol. The molecular weight excluding hydrogens is 192 g/mol. The molecule has 0 N–H and O–H groups in total. The van der Waals surface area contributed by atoms with Gasteiger partial charge in [0.25, 0.3) is 0 Å². The molecular formula is C7H4N2OS2. The summed E-state index contributed by atoms with van der Waals surface area (Å²) in [6, 6.07) is 1.78. The molecule has 60 valence electrons. The van der Waals surface area contributed by atoms with Crippen LogP contribution in [0.25, 0.3) is 0 Å². The molecule has 5 heteroatoms. The van der Waals surface area contributed by atoms with Crippen LogP contribution in [0.2, 0.25) is 0 Å². The highest BCUT2D eigenvalue weighted by Crippen LogP contribution is 2.11. The fourth-order valence-electron chi connectivity index (χ4n) is 0.806. The highest BCUT2D eigenvalue weighted by molar-refractivity contribution is 7.08. The van der Waals surface area contributed by atoms with Crippen molar-refractivity contribution in [3.8, 4) is 0 Å². The molecule has 0 unspecified atom stereocenters. The molecule has 0 atom stereocenters. The van der Waals surface area contributed by atoms with Crippen LogP contribution in [-0.2, 0) is 0 Å². The second-order valence-electron chi connectivity index (χ2n) is 2.13. The Kier molecular flexibility index (Phi) is 1.97. The van der Waals surface area contributed by atoms with Crippen molar-refractivity contribution in [2.24, 2.45) is 0 Å². The zero-order chi connectivity index (χ0) is 8.39. The first-order valence-corrected chi connectivity index (χ1v) is 4.89. The summed E-state index contributed by atoms with van der Waals surface area (Å²) in [7, 11) is 0. The lowest BCUT2D eigenvalue weighted by molar-refractivity contribution is 0.103. The smallest absolute Gasteiger partial charge is 0.214 e. The van der Waals surface area contributed by atoms with Crippen molar-refractivity contribution in [3.63, 3.8) is 0 Å². The zero-order valence-corrected chi connectivity index (χ0v) is 7.56. The Labute approximate surface area is 77.0 Å². The predicted octanol–water partition coefficient (Wildman–Crippen LogP) is 1.83. The maximum absolute atomic E-state index is 11.5. The zero-order valence-electron chi connectivity index (χ0n) is 5.93. The van der Waals surface area contributed by atoms with Gasteiger partial charge in [0.2, 0.25) is 5.78 Å². The van der Waals surface area contributed by atoms with Crippen molar-refractivity contribution in [2.45, 2.75) is 0 Å². The summed E-state index contributed by atoms with van der Waals surface area (Å²) in [5.74, 6) is -0.0509. The van der Waals surface area contributed by atoms with E-state index in [1.165, 1.54) is 17.5 Å². The van der Waals surface area contributed by atoms with Gasteiger partial charge in [0.05, 0.1) is 17.9 Å². The van der Waals surface area contributed by atoms with Gasteiger partial charge in [-0.25, -0.2) is 0 Å². The minimum atomic E-state index is -0.0509. The number of carbonyl (C=O) groups excluding carboxylic acids is 1. The van der Waals surface area contributed by atoms with Gasteiger partial charge in [-0.2, -0.15) is 20.1 Å². The molecule has 2 heterocycles. The summed E-state index contributed by atoms with van der Waals surface area (Å²) in [5, 5.41) is 3.68. The quantitative estimate of drug-likeness (QED) is 0.688. The fraction of sp³-hybridized carbons (Fsp3) is 0. The molecule has 2 aromatic rings. The fourth-order valence-corrected chi connectivity index (χ4v) is 1.85. The Balaban J connectivity index is 2.34. The van der Waals surface area contributed by atoms with Gasteiger partial charge in [-0.15, -0.1) is 0 Å². The van der Waals surface area contributed by atoms with E-state index >= 15 is 0 Å².